The van der Waals surface area contributed by atoms with Crippen molar-refractivity contribution in [1.82, 2.24) is 0 Å². The van der Waals surface area contributed by atoms with Gasteiger partial charge in [0.2, 0.25) is 0 Å². The van der Waals surface area contributed by atoms with Crippen molar-refractivity contribution in [2.75, 3.05) is 0 Å². The summed E-state index contributed by atoms with van der Waals surface area (Å²) in [6, 6.07) is 15.3. The van der Waals surface area contributed by atoms with E-state index in [1.165, 1.54) is 37.7 Å². The van der Waals surface area contributed by atoms with Crippen LogP contribution >= 0.6 is 0 Å². The van der Waals surface area contributed by atoms with E-state index < -0.39 is 0 Å². The Labute approximate surface area is 255 Å². The van der Waals surface area contributed by atoms with Gasteiger partial charge in [0.25, 0.3) is 0 Å². The number of nitrogens with zero attached hydrogens (tertiary/aromatic N) is 1. The van der Waals surface area contributed by atoms with Gasteiger partial charge in [-0.1, -0.05) is 126 Å². The van der Waals surface area contributed by atoms with E-state index in [2.05, 4.69) is 32.1 Å². The van der Waals surface area contributed by atoms with Crippen LogP contribution in [-0.4, -0.2) is 11.5 Å². The van der Waals surface area contributed by atoms with Crippen molar-refractivity contribution in [3.63, 3.8) is 0 Å². The lowest BCUT2D eigenvalue weighted by molar-refractivity contribution is 0.0978. The molecule has 1 fully saturated rings. The maximum absolute atomic E-state index is 14.9. The summed E-state index contributed by atoms with van der Waals surface area (Å²) in [7, 11) is 0. The molecule has 0 N–H and O–H groups in total. The summed E-state index contributed by atoms with van der Waals surface area (Å²) >= 11 is 0. The fourth-order valence-corrected chi connectivity index (χ4v) is 6.61. The highest BCUT2D eigenvalue weighted by atomic mass is 19.1. The predicted octanol–water partition coefficient (Wildman–Crippen LogP) is 11.7. The zero-order chi connectivity index (χ0) is 30.2. The average molecular weight is 572 g/mol. The Morgan fingerprint density at radius 3 is 2.40 bits per heavy atom. The monoisotopic (exact) mass is 571 g/mol. The van der Waals surface area contributed by atoms with Gasteiger partial charge in [-0.25, -0.2) is 4.39 Å². The molecule has 0 radical (unpaired) electrons. The number of allylic oxidation sites excluding steroid dienone is 4. The van der Waals surface area contributed by atoms with Crippen LogP contribution in [0.2, 0.25) is 0 Å². The number of benzene rings is 2. The predicted molar refractivity (Wildman–Crippen MR) is 178 cm³/mol. The molecular formula is C39H54FNO. The number of aliphatic imine (C=N–C) groups is 1. The van der Waals surface area contributed by atoms with Gasteiger partial charge in [-0.3, -0.25) is 9.79 Å². The second kappa shape index (κ2) is 18.0. The summed E-state index contributed by atoms with van der Waals surface area (Å²) in [6.45, 7) is 8.32. The van der Waals surface area contributed by atoms with E-state index in [1.54, 1.807) is 12.1 Å². The Hall–Kier alpha value is -2.81. The summed E-state index contributed by atoms with van der Waals surface area (Å²) < 4.78 is 14.9. The first-order chi connectivity index (χ1) is 20.5. The van der Waals surface area contributed by atoms with Crippen molar-refractivity contribution in [3.05, 3.63) is 95.0 Å². The van der Waals surface area contributed by atoms with E-state index >= 15 is 0 Å². The van der Waals surface area contributed by atoms with Crippen LogP contribution in [-0.2, 0) is 5.41 Å². The topological polar surface area (TPSA) is 29.4 Å². The Balaban J connectivity index is 0.00000237. The highest BCUT2D eigenvalue weighted by Gasteiger charge is 2.41. The molecule has 0 bridgehead atoms. The summed E-state index contributed by atoms with van der Waals surface area (Å²) in [5.41, 5.74) is 4.82. The molecule has 1 atom stereocenters. The van der Waals surface area contributed by atoms with E-state index in [-0.39, 0.29) is 17.0 Å². The molecule has 1 saturated carbocycles. The fourth-order valence-electron chi connectivity index (χ4n) is 6.61. The molecular weight excluding hydrogens is 517 g/mol. The van der Waals surface area contributed by atoms with E-state index in [9.17, 15) is 9.18 Å². The van der Waals surface area contributed by atoms with E-state index in [4.69, 9.17) is 4.99 Å². The molecule has 2 aromatic carbocycles. The minimum Gasteiger partial charge on any atom is -0.294 e. The van der Waals surface area contributed by atoms with Crippen LogP contribution in [0.15, 0.2) is 77.4 Å². The number of hydrogen-bond acceptors (Lipinski definition) is 2. The molecule has 0 aromatic heterocycles. The largest absolute Gasteiger partial charge is 0.294 e. The lowest BCUT2D eigenvalue weighted by atomic mass is 9.74. The van der Waals surface area contributed by atoms with Gasteiger partial charge in [0.1, 0.15) is 5.82 Å². The van der Waals surface area contributed by atoms with Crippen LogP contribution in [0.25, 0.3) is 0 Å². The summed E-state index contributed by atoms with van der Waals surface area (Å²) in [5, 5.41) is 0. The van der Waals surface area contributed by atoms with Crippen LogP contribution in [0.4, 0.5) is 4.39 Å². The van der Waals surface area contributed by atoms with Gasteiger partial charge in [-0.15, -0.1) is 0 Å². The van der Waals surface area contributed by atoms with Gasteiger partial charge in [0, 0.05) is 28.8 Å². The molecule has 2 aliphatic rings. The third-order valence-corrected chi connectivity index (χ3v) is 9.00. The molecule has 0 spiro atoms. The fraction of sp³-hybridized carbons (Fsp3) is 0.538. The molecule has 228 valence electrons. The van der Waals surface area contributed by atoms with Crippen LogP contribution in [0.3, 0.4) is 0 Å². The molecule has 0 amide bonds. The van der Waals surface area contributed by atoms with E-state index in [1.807, 2.05) is 50.2 Å². The molecule has 2 nitrogen and oxygen atoms in total. The third kappa shape index (κ3) is 9.61. The molecule has 1 unspecified atom stereocenters. The first kappa shape index (κ1) is 33.7. The summed E-state index contributed by atoms with van der Waals surface area (Å²) in [6.07, 6.45) is 22.9. The number of carbonyl (C=O) groups is 1. The third-order valence-electron chi connectivity index (χ3n) is 9.00. The average Bonchev–Trinajstić information content (AvgIpc) is 3.52. The molecule has 2 aromatic rings. The van der Waals surface area contributed by atoms with Crippen LogP contribution < -0.4 is 0 Å². The number of aryl methyl sites for hydroxylation is 1. The summed E-state index contributed by atoms with van der Waals surface area (Å²) in [5.74, 6) is 0.885. The van der Waals surface area contributed by atoms with Gasteiger partial charge in [0.05, 0.1) is 0 Å². The van der Waals surface area contributed by atoms with Gasteiger partial charge in [0.15, 0.2) is 5.78 Å². The quantitative estimate of drug-likeness (QED) is 0.154. The molecule has 4 rings (SSSR count). The molecule has 1 heterocycles. The molecule has 3 heteroatoms. The highest BCUT2D eigenvalue weighted by Crippen LogP contribution is 2.48. The zero-order valence-electron chi connectivity index (χ0n) is 26.8. The first-order valence-corrected chi connectivity index (χ1v) is 16.8. The smallest absolute Gasteiger partial charge is 0.162 e. The van der Waals surface area contributed by atoms with E-state index in [0.29, 0.717) is 12.3 Å². The maximum atomic E-state index is 14.9. The van der Waals surface area contributed by atoms with Gasteiger partial charge in [-0.05, 0) is 75.5 Å². The van der Waals surface area contributed by atoms with Crippen molar-refractivity contribution in [3.8, 4) is 0 Å². The van der Waals surface area contributed by atoms with Crippen molar-refractivity contribution in [1.29, 1.82) is 0 Å². The van der Waals surface area contributed by atoms with Gasteiger partial charge >= 0.3 is 0 Å². The Kier molecular flexibility index (Phi) is 14.4. The summed E-state index contributed by atoms with van der Waals surface area (Å²) in [4.78, 5) is 17.6. The number of hydrogen-bond donors (Lipinski definition) is 0. The molecule has 0 saturated heterocycles. The van der Waals surface area contributed by atoms with Crippen molar-refractivity contribution in [2.24, 2.45) is 10.9 Å². The number of unbranched alkanes of at least 4 members (excludes halogenated alkanes) is 2. The molecule has 1 aliphatic heterocycles. The number of ketones is 1. The van der Waals surface area contributed by atoms with Crippen LogP contribution in [0.5, 0.6) is 0 Å². The standard InChI is InChI=1S/C37H48FNO.C2H6/c1-3-4-14-30(16-6-10-21-35(40)31-25-23-29(2)24-26-31)15-5-7-17-32-18-13-22-36(39-32)37(27-11-12-28-37)33-19-8-9-20-34(33)38;1-2/h7-9,17,19-20,22-26,30H,3-6,10-16,18,21,27-28H2,1-2H3;1-2H3. The second-order valence-electron chi connectivity index (χ2n) is 12.0. The highest BCUT2D eigenvalue weighted by molar-refractivity contribution is 5.96. The molecule has 1 aliphatic carbocycles. The van der Waals surface area contributed by atoms with Crippen LogP contribution in [0, 0.1) is 18.7 Å². The van der Waals surface area contributed by atoms with E-state index in [0.717, 1.165) is 80.3 Å². The normalized spacial score (nSPS) is 16.9. The van der Waals surface area contributed by atoms with Crippen molar-refractivity contribution < 1.29 is 9.18 Å². The van der Waals surface area contributed by atoms with Crippen molar-refractivity contribution >= 4 is 11.5 Å². The number of carbonyl (C=O) groups excluding carboxylic acids is 1. The zero-order valence-corrected chi connectivity index (χ0v) is 26.8. The van der Waals surface area contributed by atoms with Gasteiger partial charge in [-0.2, -0.15) is 0 Å². The lowest BCUT2D eigenvalue weighted by Gasteiger charge is -2.32. The lowest BCUT2D eigenvalue weighted by Crippen LogP contribution is -2.27. The van der Waals surface area contributed by atoms with Crippen molar-refractivity contribution in [2.45, 2.75) is 129 Å². The SMILES string of the molecule is CC.CCCCC(CCC=CC1=NC(C2(c3ccccc3F)CCCC2)=CCC1)CCCCC(=O)c1ccc(C)cc1. The number of rotatable bonds is 15. The second-order valence-corrected chi connectivity index (χ2v) is 12.0. The van der Waals surface area contributed by atoms with Crippen LogP contribution in [0.1, 0.15) is 139 Å². The molecule has 42 heavy (non-hydrogen) atoms. The number of Topliss-reactive ketones (excluding diaryl/α,β-unsaturated/α-hetero) is 1. The Bertz CT molecular complexity index is 1180. The first-order valence-electron chi connectivity index (χ1n) is 16.8. The maximum Gasteiger partial charge on any atom is 0.162 e. The number of halogens is 1. The minimum atomic E-state index is -0.267. The minimum absolute atomic E-state index is 0.0965. The Morgan fingerprint density at radius 2 is 1.69 bits per heavy atom. The van der Waals surface area contributed by atoms with Gasteiger partial charge < -0.3 is 0 Å². The Morgan fingerprint density at radius 1 is 0.976 bits per heavy atom.